The maximum Gasteiger partial charge on any atom is 0.169 e. The third-order valence-electron chi connectivity index (χ3n) is 3.54. The van der Waals surface area contributed by atoms with Gasteiger partial charge in [-0.1, -0.05) is 0 Å². The molecule has 18 heavy (non-hydrogen) atoms. The van der Waals surface area contributed by atoms with Gasteiger partial charge in [-0.05, 0) is 31.8 Å². The molecule has 2 aliphatic rings. The monoisotopic (exact) mass is 253 g/mol. The van der Waals surface area contributed by atoms with Gasteiger partial charge in [0.15, 0.2) is 23.1 Å². The zero-order valence-electron chi connectivity index (χ0n) is 10.0. The average molecular weight is 253 g/mol. The van der Waals surface area contributed by atoms with Gasteiger partial charge in [-0.3, -0.25) is 0 Å². The molecule has 0 aromatic heterocycles. The van der Waals surface area contributed by atoms with E-state index in [9.17, 15) is 9.50 Å². The van der Waals surface area contributed by atoms with Crippen LogP contribution in [0.1, 0.15) is 24.3 Å². The second-order valence-corrected chi connectivity index (χ2v) is 4.67. The molecule has 1 aromatic rings. The molecule has 0 atom stereocenters. The molecule has 2 heterocycles. The third-order valence-corrected chi connectivity index (χ3v) is 3.54. The number of piperidine rings is 1. The number of ether oxygens (including phenoxy) is 2. The van der Waals surface area contributed by atoms with Crippen molar-refractivity contribution >= 4 is 0 Å². The molecule has 0 spiro atoms. The maximum atomic E-state index is 13.7. The van der Waals surface area contributed by atoms with Crippen LogP contribution in [0.2, 0.25) is 0 Å². The minimum absolute atomic E-state index is 0.123. The van der Waals surface area contributed by atoms with E-state index >= 15 is 0 Å². The van der Waals surface area contributed by atoms with Crippen molar-refractivity contribution < 1.29 is 19.0 Å². The molecule has 0 amide bonds. The predicted molar refractivity (Wildman–Crippen MR) is 63.9 cm³/mol. The summed E-state index contributed by atoms with van der Waals surface area (Å²) in [5.74, 6) is 0.133. The third kappa shape index (κ3) is 1.88. The van der Waals surface area contributed by atoms with E-state index in [1.807, 2.05) is 0 Å². The van der Waals surface area contributed by atoms with E-state index in [0.717, 1.165) is 25.9 Å². The number of fused-ring (bicyclic) bond motifs is 1. The van der Waals surface area contributed by atoms with Crippen molar-refractivity contribution in [1.29, 1.82) is 0 Å². The lowest BCUT2D eigenvalue weighted by atomic mass is 9.88. The van der Waals surface area contributed by atoms with Gasteiger partial charge in [0.05, 0.1) is 0 Å². The van der Waals surface area contributed by atoms with Crippen LogP contribution in [0, 0.1) is 5.82 Å². The molecule has 4 nitrogen and oxygen atoms in total. The number of aromatic hydroxyl groups is 1. The van der Waals surface area contributed by atoms with Gasteiger partial charge in [-0.15, -0.1) is 0 Å². The van der Waals surface area contributed by atoms with Crippen molar-refractivity contribution in [2.45, 2.75) is 18.8 Å². The van der Waals surface area contributed by atoms with Crippen LogP contribution in [-0.4, -0.2) is 31.4 Å². The Labute approximate surface area is 105 Å². The summed E-state index contributed by atoms with van der Waals surface area (Å²) < 4.78 is 24.7. The fourth-order valence-electron chi connectivity index (χ4n) is 2.66. The molecule has 0 aliphatic carbocycles. The highest BCUT2D eigenvalue weighted by Gasteiger charge is 2.29. The van der Waals surface area contributed by atoms with Crippen molar-refractivity contribution in [2.24, 2.45) is 0 Å². The number of hydrogen-bond donors (Lipinski definition) is 2. The number of halogens is 1. The van der Waals surface area contributed by atoms with Crippen LogP contribution >= 0.6 is 0 Å². The predicted octanol–water partition coefficient (Wildman–Crippen LogP) is 1.77. The Morgan fingerprint density at radius 1 is 1.22 bits per heavy atom. The summed E-state index contributed by atoms with van der Waals surface area (Å²) in [6.45, 7) is 2.60. The van der Waals surface area contributed by atoms with Gasteiger partial charge in [0.1, 0.15) is 13.2 Å². The fraction of sp³-hybridized carbons (Fsp3) is 0.538. The average Bonchev–Trinajstić information content (AvgIpc) is 2.41. The van der Waals surface area contributed by atoms with E-state index in [1.165, 1.54) is 6.07 Å². The Morgan fingerprint density at radius 2 is 1.94 bits per heavy atom. The topological polar surface area (TPSA) is 50.7 Å². The smallest absolute Gasteiger partial charge is 0.169 e. The molecule has 2 N–H and O–H groups in total. The van der Waals surface area contributed by atoms with E-state index in [2.05, 4.69) is 5.32 Å². The Kier molecular flexibility index (Phi) is 2.99. The molecule has 0 bridgehead atoms. The first-order chi connectivity index (χ1) is 8.77. The summed E-state index contributed by atoms with van der Waals surface area (Å²) in [5, 5.41) is 13.2. The van der Waals surface area contributed by atoms with Crippen LogP contribution in [0.5, 0.6) is 17.2 Å². The number of phenols is 1. The summed E-state index contributed by atoms with van der Waals surface area (Å²) >= 11 is 0. The number of benzene rings is 1. The molecule has 2 aliphatic heterocycles. The Balaban J connectivity index is 2.07. The highest BCUT2D eigenvalue weighted by molar-refractivity contribution is 5.56. The van der Waals surface area contributed by atoms with Crippen molar-refractivity contribution in [2.75, 3.05) is 26.3 Å². The van der Waals surface area contributed by atoms with Crippen molar-refractivity contribution in [3.05, 3.63) is 17.4 Å². The van der Waals surface area contributed by atoms with Crippen molar-refractivity contribution in [1.82, 2.24) is 5.32 Å². The second-order valence-electron chi connectivity index (χ2n) is 4.67. The number of rotatable bonds is 1. The highest BCUT2D eigenvalue weighted by Crippen LogP contribution is 2.46. The zero-order chi connectivity index (χ0) is 12.5. The summed E-state index contributed by atoms with van der Waals surface area (Å²) in [6.07, 6.45) is 1.74. The lowest BCUT2D eigenvalue weighted by Crippen LogP contribution is -2.27. The molecule has 3 rings (SSSR count). The van der Waals surface area contributed by atoms with Crippen LogP contribution in [0.15, 0.2) is 6.07 Å². The lowest BCUT2D eigenvalue weighted by molar-refractivity contribution is 0.166. The van der Waals surface area contributed by atoms with Crippen LogP contribution in [-0.2, 0) is 0 Å². The van der Waals surface area contributed by atoms with Crippen LogP contribution < -0.4 is 14.8 Å². The first-order valence-electron chi connectivity index (χ1n) is 6.29. The van der Waals surface area contributed by atoms with Crippen LogP contribution in [0.25, 0.3) is 0 Å². The van der Waals surface area contributed by atoms with Crippen molar-refractivity contribution in [3.63, 3.8) is 0 Å². The fourth-order valence-corrected chi connectivity index (χ4v) is 2.66. The van der Waals surface area contributed by atoms with Gasteiger partial charge in [-0.2, -0.15) is 0 Å². The molecule has 1 saturated heterocycles. The molecular weight excluding hydrogens is 237 g/mol. The molecule has 1 aromatic carbocycles. The Morgan fingerprint density at radius 3 is 2.72 bits per heavy atom. The first kappa shape index (κ1) is 11.6. The summed E-state index contributed by atoms with van der Waals surface area (Å²) in [4.78, 5) is 0. The second kappa shape index (κ2) is 4.65. The lowest BCUT2D eigenvalue weighted by Gasteiger charge is -2.28. The van der Waals surface area contributed by atoms with Gasteiger partial charge in [-0.25, -0.2) is 4.39 Å². The quantitative estimate of drug-likeness (QED) is 0.801. The largest absolute Gasteiger partial charge is 0.505 e. The molecule has 5 heteroatoms. The van der Waals surface area contributed by atoms with E-state index in [1.54, 1.807) is 0 Å². The highest BCUT2D eigenvalue weighted by atomic mass is 19.1. The summed E-state index contributed by atoms with van der Waals surface area (Å²) in [6, 6.07) is 1.20. The van der Waals surface area contributed by atoms with Gasteiger partial charge >= 0.3 is 0 Å². The van der Waals surface area contributed by atoms with Gasteiger partial charge in [0.2, 0.25) is 0 Å². The number of hydrogen-bond acceptors (Lipinski definition) is 4. The number of phenolic OH excluding ortho intramolecular Hbond substituents is 1. The van der Waals surface area contributed by atoms with E-state index in [4.69, 9.17) is 9.47 Å². The molecule has 0 saturated carbocycles. The van der Waals surface area contributed by atoms with Crippen molar-refractivity contribution in [3.8, 4) is 17.2 Å². The van der Waals surface area contributed by atoms with Gasteiger partial charge < -0.3 is 19.9 Å². The molecule has 1 fully saturated rings. The van der Waals surface area contributed by atoms with Crippen LogP contribution in [0.3, 0.4) is 0 Å². The first-order valence-corrected chi connectivity index (χ1v) is 6.29. The minimum atomic E-state index is -0.632. The van der Waals surface area contributed by atoms with E-state index in [-0.39, 0.29) is 11.7 Å². The van der Waals surface area contributed by atoms with Gasteiger partial charge in [0.25, 0.3) is 0 Å². The summed E-state index contributed by atoms with van der Waals surface area (Å²) in [7, 11) is 0. The maximum absolute atomic E-state index is 13.7. The van der Waals surface area contributed by atoms with E-state index in [0.29, 0.717) is 30.3 Å². The Bertz CT molecular complexity index is 458. The van der Waals surface area contributed by atoms with E-state index < -0.39 is 5.82 Å². The van der Waals surface area contributed by atoms with Gasteiger partial charge in [0, 0.05) is 11.6 Å². The zero-order valence-corrected chi connectivity index (χ0v) is 10.0. The normalized spacial score (nSPS) is 19.8. The number of nitrogens with one attached hydrogen (secondary N) is 1. The molecule has 0 unspecified atom stereocenters. The SMILES string of the molecule is Oc1c(F)cc2c(c1C1CCNCC1)OCCO2. The Hall–Kier alpha value is -1.49. The molecule has 98 valence electrons. The standard InChI is InChI=1S/C13H16FNO3/c14-9-7-10-13(18-6-5-17-10)11(12(9)16)8-1-3-15-4-2-8/h7-8,15-16H,1-6H2. The summed E-state index contributed by atoms with van der Waals surface area (Å²) in [5.41, 5.74) is 0.575. The molecular formula is C13H16FNO3. The molecule has 0 radical (unpaired) electrons. The van der Waals surface area contributed by atoms with Crippen LogP contribution in [0.4, 0.5) is 4.39 Å². The minimum Gasteiger partial charge on any atom is -0.505 e.